The van der Waals surface area contributed by atoms with Gasteiger partial charge in [-0.1, -0.05) is 15.9 Å². The lowest BCUT2D eigenvalue weighted by Gasteiger charge is -2.35. The number of piperazine rings is 1. The molecule has 4 nitrogen and oxygen atoms in total. The first-order valence-electron chi connectivity index (χ1n) is 6.51. The first-order chi connectivity index (χ1) is 9.06. The molecule has 0 bridgehead atoms. The highest BCUT2D eigenvalue weighted by Crippen LogP contribution is 2.13. The molecule has 1 atom stereocenters. The summed E-state index contributed by atoms with van der Waals surface area (Å²) in [5.41, 5.74) is 0.729. The molecular formula is C14H19BrN2O2. The third-order valence-corrected chi connectivity index (χ3v) is 3.80. The molecule has 1 aromatic carbocycles. The molecule has 1 N–H and O–H groups in total. The molecule has 1 aliphatic heterocycles. The average Bonchev–Trinajstić information content (AvgIpc) is 2.39. The number of hydrogen-bond acceptors (Lipinski definition) is 3. The summed E-state index contributed by atoms with van der Waals surface area (Å²) in [6, 6.07) is 7.46. The van der Waals surface area contributed by atoms with E-state index in [9.17, 15) is 9.90 Å². The number of carbonyl (C=O) groups is 1. The van der Waals surface area contributed by atoms with Crippen LogP contribution in [-0.4, -0.2) is 59.6 Å². The molecule has 0 saturated carbocycles. The van der Waals surface area contributed by atoms with E-state index < -0.39 is 0 Å². The number of benzene rings is 1. The Morgan fingerprint density at radius 1 is 1.26 bits per heavy atom. The fourth-order valence-electron chi connectivity index (χ4n) is 2.28. The van der Waals surface area contributed by atoms with E-state index in [1.165, 1.54) is 0 Å². The van der Waals surface area contributed by atoms with Crippen LogP contribution in [0.4, 0.5) is 0 Å². The zero-order chi connectivity index (χ0) is 13.8. The molecule has 0 unspecified atom stereocenters. The summed E-state index contributed by atoms with van der Waals surface area (Å²) in [5.74, 6) is 0.0872. The molecule has 1 aliphatic rings. The topological polar surface area (TPSA) is 43.8 Å². The predicted octanol–water partition coefficient (Wildman–Crippen LogP) is 1.59. The van der Waals surface area contributed by atoms with Gasteiger partial charge in [-0.25, -0.2) is 0 Å². The minimum Gasteiger partial charge on any atom is -0.392 e. The summed E-state index contributed by atoms with van der Waals surface area (Å²) in [4.78, 5) is 16.3. The monoisotopic (exact) mass is 326 g/mol. The zero-order valence-electron chi connectivity index (χ0n) is 11.1. The average molecular weight is 327 g/mol. The van der Waals surface area contributed by atoms with Crippen LogP contribution in [0.3, 0.4) is 0 Å². The molecule has 0 radical (unpaired) electrons. The highest BCUT2D eigenvalue weighted by atomic mass is 79.9. The molecule has 1 aromatic rings. The summed E-state index contributed by atoms with van der Waals surface area (Å²) in [6.45, 7) is 5.57. The molecule has 1 saturated heterocycles. The van der Waals surface area contributed by atoms with E-state index in [0.29, 0.717) is 6.54 Å². The molecule has 104 valence electrons. The van der Waals surface area contributed by atoms with Gasteiger partial charge in [0.1, 0.15) is 0 Å². The predicted molar refractivity (Wildman–Crippen MR) is 78.2 cm³/mol. The maximum atomic E-state index is 12.3. The van der Waals surface area contributed by atoms with Gasteiger partial charge in [-0.2, -0.15) is 0 Å². The second-order valence-electron chi connectivity index (χ2n) is 4.95. The van der Waals surface area contributed by atoms with E-state index in [4.69, 9.17) is 0 Å². The number of halogens is 1. The van der Waals surface area contributed by atoms with Gasteiger partial charge in [0.15, 0.2) is 0 Å². The number of β-amino-alcohol motifs (C(OH)–C–C–N with tert-alkyl or cyclic N) is 1. The Morgan fingerprint density at radius 2 is 1.84 bits per heavy atom. The lowest BCUT2D eigenvalue weighted by molar-refractivity contribution is 0.0554. The van der Waals surface area contributed by atoms with E-state index in [2.05, 4.69) is 20.8 Å². The quantitative estimate of drug-likeness (QED) is 0.917. The summed E-state index contributed by atoms with van der Waals surface area (Å²) in [6.07, 6.45) is -0.311. The van der Waals surface area contributed by atoms with Crippen LogP contribution in [-0.2, 0) is 0 Å². The molecule has 19 heavy (non-hydrogen) atoms. The van der Waals surface area contributed by atoms with Gasteiger partial charge in [0.05, 0.1) is 6.10 Å². The molecule has 0 aliphatic carbocycles. The highest BCUT2D eigenvalue weighted by Gasteiger charge is 2.22. The SMILES string of the molecule is C[C@@H](O)CN1CCN(C(=O)c2ccc(Br)cc2)CC1. The van der Waals surface area contributed by atoms with Crippen molar-refractivity contribution in [1.82, 2.24) is 9.80 Å². The van der Waals surface area contributed by atoms with Crippen molar-refractivity contribution in [2.45, 2.75) is 13.0 Å². The lowest BCUT2D eigenvalue weighted by Crippen LogP contribution is -2.50. The third kappa shape index (κ3) is 4.03. The standard InChI is InChI=1S/C14H19BrN2O2/c1-11(18)10-16-6-8-17(9-7-16)14(19)12-2-4-13(15)5-3-12/h2-5,11,18H,6-10H2,1H3/t11-/m1/s1. The van der Waals surface area contributed by atoms with Crippen molar-refractivity contribution in [2.75, 3.05) is 32.7 Å². The molecule has 0 aromatic heterocycles. The van der Waals surface area contributed by atoms with Crippen LogP contribution in [0.5, 0.6) is 0 Å². The van der Waals surface area contributed by atoms with Crippen LogP contribution in [0, 0.1) is 0 Å². The number of nitrogens with zero attached hydrogens (tertiary/aromatic N) is 2. The van der Waals surface area contributed by atoms with E-state index in [1.807, 2.05) is 29.2 Å². The van der Waals surface area contributed by atoms with Crippen molar-refractivity contribution in [1.29, 1.82) is 0 Å². The maximum absolute atomic E-state index is 12.3. The van der Waals surface area contributed by atoms with Crippen LogP contribution >= 0.6 is 15.9 Å². The number of rotatable bonds is 3. The van der Waals surface area contributed by atoms with Crippen molar-refractivity contribution in [3.63, 3.8) is 0 Å². The van der Waals surface area contributed by atoms with Gasteiger partial charge < -0.3 is 10.0 Å². The van der Waals surface area contributed by atoms with Crippen LogP contribution in [0.25, 0.3) is 0 Å². The Hall–Kier alpha value is -0.910. The maximum Gasteiger partial charge on any atom is 0.253 e. The van der Waals surface area contributed by atoms with Crippen LogP contribution in [0.2, 0.25) is 0 Å². The van der Waals surface area contributed by atoms with Gasteiger partial charge in [0.25, 0.3) is 5.91 Å². The van der Waals surface area contributed by atoms with E-state index in [1.54, 1.807) is 6.92 Å². The molecular weight excluding hydrogens is 308 g/mol. The van der Waals surface area contributed by atoms with E-state index in [0.717, 1.165) is 36.2 Å². The van der Waals surface area contributed by atoms with E-state index >= 15 is 0 Å². The van der Waals surface area contributed by atoms with Crippen molar-refractivity contribution >= 4 is 21.8 Å². The van der Waals surface area contributed by atoms with Gasteiger partial charge in [0, 0.05) is 42.8 Å². The zero-order valence-corrected chi connectivity index (χ0v) is 12.6. The van der Waals surface area contributed by atoms with Gasteiger partial charge in [0.2, 0.25) is 0 Å². The number of hydrogen-bond donors (Lipinski definition) is 1. The molecule has 5 heteroatoms. The Balaban J connectivity index is 1.90. The number of amides is 1. The third-order valence-electron chi connectivity index (χ3n) is 3.27. The molecule has 1 fully saturated rings. The van der Waals surface area contributed by atoms with Crippen molar-refractivity contribution in [2.24, 2.45) is 0 Å². The van der Waals surface area contributed by atoms with Crippen molar-refractivity contribution in [3.05, 3.63) is 34.3 Å². The lowest BCUT2D eigenvalue weighted by atomic mass is 10.2. The summed E-state index contributed by atoms with van der Waals surface area (Å²) >= 11 is 3.37. The van der Waals surface area contributed by atoms with E-state index in [-0.39, 0.29) is 12.0 Å². The molecule has 1 amide bonds. The molecule has 1 heterocycles. The Bertz CT molecular complexity index is 426. The van der Waals surface area contributed by atoms with Crippen LogP contribution in [0.1, 0.15) is 17.3 Å². The Kier molecular flexibility index (Phi) is 4.96. The van der Waals surface area contributed by atoms with Gasteiger partial charge in [-0.05, 0) is 31.2 Å². The minimum atomic E-state index is -0.311. The van der Waals surface area contributed by atoms with Gasteiger partial charge >= 0.3 is 0 Å². The van der Waals surface area contributed by atoms with Crippen LogP contribution in [0.15, 0.2) is 28.7 Å². The first-order valence-corrected chi connectivity index (χ1v) is 7.31. The number of aliphatic hydroxyl groups is 1. The summed E-state index contributed by atoms with van der Waals surface area (Å²) in [5, 5.41) is 9.36. The fourth-order valence-corrected chi connectivity index (χ4v) is 2.55. The fraction of sp³-hybridized carbons (Fsp3) is 0.500. The summed E-state index contributed by atoms with van der Waals surface area (Å²) < 4.78 is 0.978. The first kappa shape index (κ1) is 14.5. The van der Waals surface area contributed by atoms with Crippen molar-refractivity contribution in [3.8, 4) is 0 Å². The second-order valence-corrected chi connectivity index (χ2v) is 5.86. The smallest absolute Gasteiger partial charge is 0.253 e. The summed E-state index contributed by atoms with van der Waals surface area (Å²) in [7, 11) is 0. The van der Waals surface area contributed by atoms with Crippen LogP contribution < -0.4 is 0 Å². The number of aliphatic hydroxyl groups excluding tert-OH is 1. The van der Waals surface area contributed by atoms with Gasteiger partial charge in [-0.15, -0.1) is 0 Å². The number of carbonyl (C=O) groups excluding carboxylic acids is 1. The Morgan fingerprint density at radius 3 is 2.37 bits per heavy atom. The molecule has 0 spiro atoms. The Labute approximate surface area is 122 Å². The minimum absolute atomic E-state index is 0.0872. The highest BCUT2D eigenvalue weighted by molar-refractivity contribution is 9.10. The molecule has 2 rings (SSSR count). The largest absolute Gasteiger partial charge is 0.392 e. The van der Waals surface area contributed by atoms with Crippen molar-refractivity contribution < 1.29 is 9.90 Å². The normalized spacial score (nSPS) is 18.4. The van der Waals surface area contributed by atoms with Gasteiger partial charge in [-0.3, -0.25) is 9.69 Å². The second kappa shape index (κ2) is 6.50.